The number of rotatable bonds is 5. The summed E-state index contributed by atoms with van der Waals surface area (Å²) in [5, 5.41) is 15.2. The number of hydrogen-bond acceptors (Lipinski definition) is 5. The van der Waals surface area contributed by atoms with Crippen molar-refractivity contribution in [3.05, 3.63) is 41.1 Å². The molecule has 0 fully saturated rings. The quantitative estimate of drug-likeness (QED) is 0.873. The van der Waals surface area contributed by atoms with E-state index < -0.39 is 11.9 Å². The van der Waals surface area contributed by atoms with E-state index in [1.54, 1.807) is 32.0 Å². The first-order valence-corrected chi connectivity index (χ1v) is 6.16. The Balaban J connectivity index is 2.03. The van der Waals surface area contributed by atoms with E-state index in [-0.39, 0.29) is 23.8 Å². The largest absolute Gasteiger partial charge is 0.483 e. The van der Waals surface area contributed by atoms with Crippen LogP contribution >= 0.6 is 0 Å². The molecule has 110 valence electrons. The number of nitrogens with one attached hydrogen (secondary N) is 1. The maximum absolute atomic E-state index is 11.7. The van der Waals surface area contributed by atoms with Gasteiger partial charge in [0.15, 0.2) is 6.61 Å². The third kappa shape index (κ3) is 3.59. The molecule has 1 amide bonds. The standard InChI is InChI=1S/C14H14N2O5/c1-8-4-3-5-10(14(18)19)13(8)20-7-11(17)15-12-6-9(2)16-21-12/h3-6H,7H2,1-2H3,(H,15,17)(H,18,19). The number of ether oxygens (including phenoxy) is 1. The summed E-state index contributed by atoms with van der Waals surface area (Å²) >= 11 is 0. The highest BCUT2D eigenvalue weighted by atomic mass is 16.5. The molecule has 2 N–H and O–H groups in total. The second-order valence-corrected chi connectivity index (χ2v) is 4.43. The first kappa shape index (κ1) is 14.6. The van der Waals surface area contributed by atoms with Crippen LogP contribution < -0.4 is 10.1 Å². The van der Waals surface area contributed by atoms with Crippen LogP contribution in [-0.4, -0.2) is 28.7 Å². The van der Waals surface area contributed by atoms with Crippen molar-refractivity contribution in [2.45, 2.75) is 13.8 Å². The maximum atomic E-state index is 11.7. The minimum absolute atomic E-state index is 0.0123. The van der Waals surface area contributed by atoms with Crippen LogP contribution in [0, 0.1) is 13.8 Å². The average molecular weight is 290 g/mol. The summed E-state index contributed by atoms with van der Waals surface area (Å²) in [4.78, 5) is 22.8. The number of nitrogens with zero attached hydrogens (tertiary/aromatic N) is 1. The molecular weight excluding hydrogens is 276 g/mol. The van der Waals surface area contributed by atoms with Gasteiger partial charge in [-0.25, -0.2) is 4.79 Å². The predicted octanol–water partition coefficient (Wildman–Crippen LogP) is 2.01. The lowest BCUT2D eigenvalue weighted by molar-refractivity contribution is -0.118. The molecule has 0 atom stereocenters. The van der Waals surface area contributed by atoms with Gasteiger partial charge in [-0.15, -0.1) is 0 Å². The van der Waals surface area contributed by atoms with E-state index in [4.69, 9.17) is 14.4 Å². The Morgan fingerprint density at radius 2 is 2.14 bits per heavy atom. The topological polar surface area (TPSA) is 102 Å². The summed E-state index contributed by atoms with van der Waals surface area (Å²) in [5.74, 6) is -1.19. The molecule has 0 saturated heterocycles. The fourth-order valence-electron chi connectivity index (χ4n) is 1.75. The van der Waals surface area contributed by atoms with Gasteiger partial charge in [-0.2, -0.15) is 0 Å². The summed E-state index contributed by atoms with van der Waals surface area (Å²) in [5.41, 5.74) is 1.29. The van der Waals surface area contributed by atoms with Crippen LogP contribution in [0.1, 0.15) is 21.6 Å². The molecule has 0 unspecified atom stereocenters. The molecule has 0 aliphatic heterocycles. The van der Waals surface area contributed by atoms with Gasteiger partial charge in [0.25, 0.3) is 5.91 Å². The van der Waals surface area contributed by atoms with Crippen LogP contribution in [0.5, 0.6) is 5.75 Å². The van der Waals surface area contributed by atoms with Crippen LogP contribution in [0.3, 0.4) is 0 Å². The fourth-order valence-corrected chi connectivity index (χ4v) is 1.75. The van der Waals surface area contributed by atoms with E-state index in [1.165, 1.54) is 6.07 Å². The van der Waals surface area contributed by atoms with Crippen LogP contribution in [0.15, 0.2) is 28.8 Å². The summed E-state index contributed by atoms with van der Waals surface area (Å²) in [6.07, 6.45) is 0. The van der Waals surface area contributed by atoms with Crippen molar-refractivity contribution in [3.63, 3.8) is 0 Å². The highest BCUT2D eigenvalue weighted by molar-refractivity contribution is 5.93. The van der Waals surface area contributed by atoms with E-state index in [9.17, 15) is 9.59 Å². The minimum atomic E-state index is -1.11. The van der Waals surface area contributed by atoms with E-state index in [0.717, 1.165) is 0 Å². The van der Waals surface area contributed by atoms with Crippen molar-refractivity contribution >= 4 is 17.8 Å². The molecule has 0 radical (unpaired) electrons. The van der Waals surface area contributed by atoms with Gasteiger partial charge in [0.1, 0.15) is 11.3 Å². The van der Waals surface area contributed by atoms with Gasteiger partial charge in [-0.05, 0) is 25.5 Å². The molecule has 0 aliphatic carbocycles. The Bertz CT molecular complexity index is 678. The van der Waals surface area contributed by atoms with Gasteiger partial charge in [0, 0.05) is 6.07 Å². The number of amides is 1. The van der Waals surface area contributed by atoms with Gasteiger partial charge in [0.05, 0.1) is 5.69 Å². The normalized spacial score (nSPS) is 10.2. The van der Waals surface area contributed by atoms with Gasteiger partial charge in [-0.1, -0.05) is 17.3 Å². The Labute approximate surface area is 120 Å². The number of para-hydroxylation sites is 1. The van der Waals surface area contributed by atoms with Crippen molar-refractivity contribution in [3.8, 4) is 5.75 Å². The Morgan fingerprint density at radius 3 is 2.76 bits per heavy atom. The van der Waals surface area contributed by atoms with Crippen molar-refractivity contribution in [1.82, 2.24) is 5.16 Å². The summed E-state index contributed by atoms with van der Waals surface area (Å²) < 4.78 is 10.2. The lowest BCUT2D eigenvalue weighted by Crippen LogP contribution is -2.21. The number of aromatic nitrogens is 1. The number of hydrogen-bond donors (Lipinski definition) is 2. The number of carbonyl (C=O) groups excluding carboxylic acids is 1. The van der Waals surface area contributed by atoms with Gasteiger partial charge in [0.2, 0.25) is 5.88 Å². The number of carboxylic acid groups (broad SMARTS) is 1. The third-order valence-corrected chi connectivity index (χ3v) is 2.68. The van der Waals surface area contributed by atoms with E-state index >= 15 is 0 Å². The van der Waals surface area contributed by atoms with E-state index in [0.29, 0.717) is 11.3 Å². The highest BCUT2D eigenvalue weighted by Gasteiger charge is 2.15. The van der Waals surface area contributed by atoms with Crippen molar-refractivity contribution in [1.29, 1.82) is 0 Å². The Hall–Kier alpha value is -2.83. The Kier molecular flexibility index (Phi) is 4.22. The predicted molar refractivity (Wildman–Crippen MR) is 73.5 cm³/mol. The zero-order chi connectivity index (χ0) is 15.4. The molecule has 21 heavy (non-hydrogen) atoms. The van der Waals surface area contributed by atoms with Gasteiger partial charge in [-0.3, -0.25) is 10.1 Å². The number of aryl methyl sites for hydroxylation is 2. The molecule has 0 bridgehead atoms. The molecule has 1 aromatic heterocycles. The second kappa shape index (κ2) is 6.08. The zero-order valence-electron chi connectivity index (χ0n) is 11.5. The molecule has 1 aromatic carbocycles. The monoisotopic (exact) mass is 290 g/mol. The fraction of sp³-hybridized carbons (Fsp3) is 0.214. The summed E-state index contributed by atoms with van der Waals surface area (Å²) in [6, 6.07) is 6.30. The molecule has 2 aromatic rings. The van der Waals surface area contributed by atoms with Crippen molar-refractivity contribution < 1.29 is 24.0 Å². The molecule has 7 heteroatoms. The smallest absolute Gasteiger partial charge is 0.339 e. The lowest BCUT2D eigenvalue weighted by atomic mass is 10.1. The van der Waals surface area contributed by atoms with E-state index in [1.807, 2.05) is 0 Å². The maximum Gasteiger partial charge on any atom is 0.339 e. The average Bonchev–Trinajstić information content (AvgIpc) is 2.82. The van der Waals surface area contributed by atoms with Crippen LogP contribution in [-0.2, 0) is 4.79 Å². The number of carbonyl (C=O) groups is 2. The number of benzene rings is 1. The van der Waals surface area contributed by atoms with Gasteiger partial charge >= 0.3 is 5.97 Å². The number of aromatic carboxylic acids is 1. The van der Waals surface area contributed by atoms with E-state index in [2.05, 4.69) is 10.5 Å². The zero-order valence-corrected chi connectivity index (χ0v) is 11.5. The third-order valence-electron chi connectivity index (χ3n) is 2.68. The summed E-state index contributed by atoms with van der Waals surface area (Å²) in [7, 11) is 0. The van der Waals surface area contributed by atoms with Crippen LogP contribution in [0.2, 0.25) is 0 Å². The second-order valence-electron chi connectivity index (χ2n) is 4.43. The molecule has 0 spiro atoms. The first-order valence-electron chi connectivity index (χ1n) is 6.16. The van der Waals surface area contributed by atoms with Crippen molar-refractivity contribution in [2.75, 3.05) is 11.9 Å². The molecule has 2 rings (SSSR count). The molecule has 0 saturated carbocycles. The first-order chi connectivity index (χ1) is 9.97. The molecular formula is C14H14N2O5. The minimum Gasteiger partial charge on any atom is -0.483 e. The highest BCUT2D eigenvalue weighted by Crippen LogP contribution is 2.23. The van der Waals surface area contributed by atoms with Crippen LogP contribution in [0.25, 0.3) is 0 Å². The molecule has 7 nitrogen and oxygen atoms in total. The lowest BCUT2D eigenvalue weighted by Gasteiger charge is -2.11. The summed E-state index contributed by atoms with van der Waals surface area (Å²) in [6.45, 7) is 3.10. The number of anilines is 1. The van der Waals surface area contributed by atoms with Gasteiger partial charge < -0.3 is 14.4 Å². The SMILES string of the molecule is Cc1cc(NC(=O)COc2c(C)cccc2C(=O)O)on1. The molecule has 1 heterocycles. The van der Waals surface area contributed by atoms with Crippen LogP contribution in [0.4, 0.5) is 5.88 Å². The molecule has 0 aliphatic rings. The van der Waals surface area contributed by atoms with Crippen molar-refractivity contribution in [2.24, 2.45) is 0 Å². The number of carboxylic acids is 1. The Morgan fingerprint density at radius 1 is 1.38 bits per heavy atom.